The van der Waals surface area contributed by atoms with Gasteiger partial charge in [-0.15, -0.1) is 0 Å². The Morgan fingerprint density at radius 1 is 1.50 bits per heavy atom. The molecule has 5 nitrogen and oxygen atoms in total. The van der Waals surface area contributed by atoms with Gasteiger partial charge in [-0.3, -0.25) is 4.79 Å². The number of rotatable bonds is 2. The highest BCUT2D eigenvalue weighted by atomic mass is 19.1. The molecule has 0 spiro atoms. The van der Waals surface area contributed by atoms with Gasteiger partial charge in [0, 0.05) is 5.69 Å². The van der Waals surface area contributed by atoms with Crippen LogP contribution < -0.4 is 11.1 Å². The monoisotopic (exact) mass is 278 g/mol. The summed E-state index contributed by atoms with van der Waals surface area (Å²) >= 11 is 0. The number of hydrogen-bond donors (Lipinski definition) is 2. The molecule has 1 amide bonds. The average molecular weight is 278 g/mol. The Kier molecular flexibility index (Phi) is 5.07. The van der Waals surface area contributed by atoms with Crippen molar-refractivity contribution in [3.05, 3.63) is 29.6 Å². The summed E-state index contributed by atoms with van der Waals surface area (Å²) in [5, 5.41) is 2.65. The van der Waals surface area contributed by atoms with Crippen LogP contribution in [0.3, 0.4) is 0 Å². The van der Waals surface area contributed by atoms with E-state index >= 15 is 0 Å². The molecule has 0 aromatic heterocycles. The van der Waals surface area contributed by atoms with Crippen LogP contribution in [0.25, 0.3) is 0 Å². The molecule has 1 fully saturated rings. The van der Waals surface area contributed by atoms with Crippen LogP contribution >= 0.6 is 0 Å². The largest absolute Gasteiger partial charge is 0.376 e. The van der Waals surface area contributed by atoms with E-state index in [1.54, 1.807) is 0 Å². The predicted molar refractivity (Wildman–Crippen MR) is 71.5 cm³/mol. The van der Waals surface area contributed by atoms with Crippen LogP contribution in [0, 0.1) is 17.7 Å². The highest BCUT2D eigenvalue weighted by Crippen LogP contribution is 2.15. The zero-order chi connectivity index (χ0) is 14.4. The SMILES string of the molecule is NCC#Cc1cc(NC(=O)C2COCCO2)ccc1F. The van der Waals surface area contributed by atoms with Gasteiger partial charge in [-0.1, -0.05) is 11.8 Å². The molecule has 1 aliphatic heterocycles. The smallest absolute Gasteiger partial charge is 0.255 e. The quantitative estimate of drug-likeness (QED) is 0.772. The summed E-state index contributed by atoms with van der Waals surface area (Å²) in [6.45, 7) is 1.23. The molecule has 1 atom stereocenters. The van der Waals surface area contributed by atoms with Crippen molar-refractivity contribution in [1.82, 2.24) is 0 Å². The molecule has 1 aliphatic rings. The third-order valence-corrected chi connectivity index (χ3v) is 2.67. The van der Waals surface area contributed by atoms with Crippen LogP contribution in [-0.2, 0) is 14.3 Å². The van der Waals surface area contributed by atoms with Gasteiger partial charge in [0.15, 0.2) is 6.10 Å². The second kappa shape index (κ2) is 7.01. The molecule has 2 rings (SSSR count). The highest BCUT2D eigenvalue weighted by Gasteiger charge is 2.22. The fourth-order valence-corrected chi connectivity index (χ4v) is 1.71. The van der Waals surface area contributed by atoms with E-state index in [2.05, 4.69) is 17.2 Å². The minimum Gasteiger partial charge on any atom is -0.376 e. The van der Waals surface area contributed by atoms with Crippen molar-refractivity contribution in [3.8, 4) is 11.8 Å². The van der Waals surface area contributed by atoms with Gasteiger partial charge < -0.3 is 20.5 Å². The number of ether oxygens (including phenoxy) is 2. The van der Waals surface area contributed by atoms with Crippen molar-refractivity contribution in [2.75, 3.05) is 31.7 Å². The van der Waals surface area contributed by atoms with Gasteiger partial charge in [0.2, 0.25) is 0 Å². The van der Waals surface area contributed by atoms with Crippen LogP contribution in [0.2, 0.25) is 0 Å². The molecule has 3 N–H and O–H groups in total. The standard InChI is InChI=1S/C14H15FN2O3/c15-12-4-3-11(8-10(12)2-1-5-16)17-14(18)13-9-19-6-7-20-13/h3-4,8,13H,5-7,9,16H2,(H,17,18). The van der Waals surface area contributed by atoms with Crippen LogP contribution in [0.4, 0.5) is 10.1 Å². The Morgan fingerprint density at radius 3 is 3.05 bits per heavy atom. The summed E-state index contributed by atoms with van der Waals surface area (Å²) in [5.74, 6) is 4.40. The lowest BCUT2D eigenvalue weighted by molar-refractivity contribution is -0.142. The minimum absolute atomic E-state index is 0.142. The first kappa shape index (κ1) is 14.5. The highest BCUT2D eigenvalue weighted by molar-refractivity contribution is 5.94. The fourth-order valence-electron chi connectivity index (χ4n) is 1.71. The van der Waals surface area contributed by atoms with Gasteiger partial charge in [0.05, 0.1) is 31.9 Å². The minimum atomic E-state index is -0.646. The molecule has 1 heterocycles. The summed E-state index contributed by atoms with van der Waals surface area (Å²) in [5.41, 5.74) is 5.89. The number of benzene rings is 1. The molecule has 1 aromatic rings. The van der Waals surface area contributed by atoms with Crippen LogP contribution in [0.5, 0.6) is 0 Å². The molecular weight excluding hydrogens is 263 g/mol. The number of nitrogens with two attached hydrogens (primary N) is 1. The van der Waals surface area contributed by atoms with Crippen molar-refractivity contribution in [3.63, 3.8) is 0 Å². The topological polar surface area (TPSA) is 73.6 Å². The molecule has 1 saturated heterocycles. The molecule has 20 heavy (non-hydrogen) atoms. The van der Waals surface area contributed by atoms with E-state index in [4.69, 9.17) is 15.2 Å². The maximum Gasteiger partial charge on any atom is 0.255 e. The van der Waals surface area contributed by atoms with E-state index < -0.39 is 11.9 Å². The molecule has 0 radical (unpaired) electrons. The van der Waals surface area contributed by atoms with E-state index in [1.807, 2.05) is 0 Å². The van der Waals surface area contributed by atoms with Gasteiger partial charge in [-0.25, -0.2) is 4.39 Å². The lowest BCUT2D eigenvalue weighted by Crippen LogP contribution is -2.39. The van der Waals surface area contributed by atoms with Crippen LogP contribution in [0.15, 0.2) is 18.2 Å². The number of hydrogen-bond acceptors (Lipinski definition) is 4. The summed E-state index contributed by atoms with van der Waals surface area (Å²) in [6, 6.07) is 4.17. The van der Waals surface area contributed by atoms with E-state index in [0.717, 1.165) is 0 Å². The lowest BCUT2D eigenvalue weighted by Gasteiger charge is -2.22. The number of anilines is 1. The number of halogens is 1. The molecule has 1 unspecified atom stereocenters. The van der Waals surface area contributed by atoms with Crippen molar-refractivity contribution in [1.29, 1.82) is 0 Å². The molecule has 0 aliphatic carbocycles. The average Bonchev–Trinajstić information content (AvgIpc) is 2.48. The van der Waals surface area contributed by atoms with Crippen molar-refractivity contribution in [2.45, 2.75) is 6.10 Å². The molecule has 6 heteroatoms. The first-order valence-corrected chi connectivity index (χ1v) is 6.19. The normalized spacial score (nSPS) is 18.0. The van der Waals surface area contributed by atoms with Crippen molar-refractivity contribution >= 4 is 11.6 Å². The molecule has 0 bridgehead atoms. The predicted octanol–water partition coefficient (Wildman–Crippen LogP) is 0.490. The van der Waals surface area contributed by atoms with E-state index in [1.165, 1.54) is 18.2 Å². The second-order valence-corrected chi connectivity index (χ2v) is 4.12. The second-order valence-electron chi connectivity index (χ2n) is 4.12. The first-order chi connectivity index (χ1) is 9.70. The molecule has 1 aromatic carbocycles. The molecule has 106 valence electrons. The van der Waals surface area contributed by atoms with Crippen LogP contribution in [-0.4, -0.2) is 38.4 Å². The van der Waals surface area contributed by atoms with Gasteiger partial charge in [0.1, 0.15) is 5.82 Å². The summed E-state index contributed by atoms with van der Waals surface area (Å²) < 4.78 is 23.9. The Bertz CT molecular complexity index is 545. The van der Waals surface area contributed by atoms with E-state index in [0.29, 0.717) is 18.9 Å². The lowest BCUT2D eigenvalue weighted by atomic mass is 10.2. The Balaban J connectivity index is 2.07. The number of amides is 1. The maximum absolute atomic E-state index is 13.5. The van der Waals surface area contributed by atoms with Crippen molar-refractivity contribution < 1.29 is 18.7 Å². The Labute approximate surface area is 116 Å². The summed E-state index contributed by atoms with van der Waals surface area (Å²) in [7, 11) is 0. The van der Waals surface area contributed by atoms with E-state index in [9.17, 15) is 9.18 Å². The molecular formula is C14H15FN2O3. The van der Waals surface area contributed by atoms with Gasteiger partial charge in [0.25, 0.3) is 5.91 Å². The van der Waals surface area contributed by atoms with Crippen molar-refractivity contribution in [2.24, 2.45) is 5.73 Å². The van der Waals surface area contributed by atoms with Gasteiger partial charge >= 0.3 is 0 Å². The first-order valence-electron chi connectivity index (χ1n) is 6.19. The summed E-state index contributed by atoms with van der Waals surface area (Å²) in [4.78, 5) is 11.9. The fraction of sp³-hybridized carbons (Fsp3) is 0.357. The zero-order valence-electron chi connectivity index (χ0n) is 10.8. The maximum atomic E-state index is 13.5. The third kappa shape index (κ3) is 3.78. The van der Waals surface area contributed by atoms with Gasteiger partial charge in [-0.2, -0.15) is 0 Å². The Hall–Kier alpha value is -1.94. The molecule has 0 saturated carbocycles. The number of carbonyl (C=O) groups is 1. The number of carbonyl (C=O) groups excluding carboxylic acids is 1. The Morgan fingerprint density at radius 2 is 2.35 bits per heavy atom. The number of nitrogens with one attached hydrogen (secondary N) is 1. The van der Waals surface area contributed by atoms with Gasteiger partial charge in [-0.05, 0) is 18.2 Å². The van der Waals surface area contributed by atoms with Crippen LogP contribution in [0.1, 0.15) is 5.56 Å². The zero-order valence-corrected chi connectivity index (χ0v) is 10.8. The summed E-state index contributed by atoms with van der Waals surface area (Å²) in [6.07, 6.45) is -0.646. The third-order valence-electron chi connectivity index (χ3n) is 2.67. The van der Waals surface area contributed by atoms with E-state index in [-0.39, 0.29) is 24.6 Å².